The Morgan fingerprint density at radius 1 is 0.462 bits per heavy atom. The molecule has 4 aromatic rings. The summed E-state index contributed by atoms with van der Waals surface area (Å²) in [4.78, 5) is 0. The number of phenolic OH excluding ortho intramolecular Hbond substituents is 2. The van der Waals surface area contributed by atoms with Crippen molar-refractivity contribution in [2.45, 2.75) is 18.8 Å². The third-order valence-corrected chi connectivity index (χ3v) is 4.31. The number of aromatic hydroxyl groups is 2. The molecule has 39 heavy (non-hydrogen) atoms. The lowest BCUT2D eigenvalue weighted by atomic mass is 10.3. The minimum Gasteiger partial charge on any atom is -0.508 e. The van der Waals surface area contributed by atoms with E-state index in [1.807, 2.05) is 0 Å². The van der Waals surface area contributed by atoms with Gasteiger partial charge < -0.3 is 31.2 Å². The van der Waals surface area contributed by atoms with E-state index in [2.05, 4.69) is 0 Å². The number of nitrogens with two attached hydrogens (primary N) is 2. The smallest absolute Gasteiger partial charge is 0.397 e. The van der Waals surface area contributed by atoms with Gasteiger partial charge in [-0.1, -0.05) is 0 Å². The van der Waals surface area contributed by atoms with E-state index in [1.54, 1.807) is 97.1 Å². The van der Waals surface area contributed by atoms with Crippen molar-refractivity contribution < 1.29 is 46.0 Å². The normalized spacial score (nSPS) is 10.8. The molecule has 0 aliphatic heterocycles. The van der Waals surface area contributed by atoms with Gasteiger partial charge in [-0.2, -0.15) is 26.3 Å². The highest BCUT2D eigenvalue weighted by Crippen LogP contribution is 2.32. The number of benzene rings is 4. The van der Waals surface area contributed by atoms with Crippen LogP contribution in [-0.4, -0.2) is 22.6 Å². The SMILES string of the molecule is FC(F)(F)CC(F)(F)F.Nc1ccc(Oc2ccc(O)cc2)cc1.Nc1ccc(Oc2ccc(O)cc2)cc1. The molecule has 6 N–H and O–H groups in total. The molecule has 6 nitrogen and oxygen atoms in total. The maximum Gasteiger partial charge on any atom is 0.397 e. The zero-order valence-corrected chi connectivity index (χ0v) is 20.1. The van der Waals surface area contributed by atoms with Gasteiger partial charge in [-0.15, -0.1) is 0 Å². The van der Waals surface area contributed by atoms with Crippen LogP contribution in [0.4, 0.5) is 37.7 Å². The molecule has 0 heterocycles. The molecule has 12 heteroatoms. The Hall–Kier alpha value is -4.74. The molecule has 4 aromatic carbocycles. The molecule has 0 unspecified atom stereocenters. The molecule has 0 bridgehead atoms. The average Bonchev–Trinajstić information content (AvgIpc) is 2.83. The molecular formula is C27H24F6N2O4. The second-order valence-corrected chi connectivity index (χ2v) is 7.74. The fourth-order valence-electron chi connectivity index (χ4n) is 2.60. The van der Waals surface area contributed by atoms with E-state index in [-0.39, 0.29) is 11.5 Å². The van der Waals surface area contributed by atoms with Crippen molar-refractivity contribution in [2.75, 3.05) is 11.5 Å². The number of phenols is 2. The monoisotopic (exact) mass is 554 g/mol. The maximum absolute atomic E-state index is 10.8. The van der Waals surface area contributed by atoms with Crippen LogP contribution in [0.3, 0.4) is 0 Å². The first-order valence-electron chi connectivity index (χ1n) is 11.0. The predicted octanol–water partition coefficient (Wildman–Crippen LogP) is 8.03. The molecule has 4 rings (SSSR count). The molecule has 0 amide bonds. The number of hydrogen-bond acceptors (Lipinski definition) is 6. The minimum atomic E-state index is -5.14. The lowest BCUT2D eigenvalue weighted by molar-refractivity contribution is -0.232. The van der Waals surface area contributed by atoms with E-state index in [0.717, 1.165) is 11.5 Å². The molecule has 0 saturated heterocycles. The summed E-state index contributed by atoms with van der Waals surface area (Å²) in [5.41, 5.74) is 12.5. The number of ether oxygens (including phenoxy) is 2. The van der Waals surface area contributed by atoms with Crippen LogP contribution < -0.4 is 20.9 Å². The van der Waals surface area contributed by atoms with Crippen LogP contribution in [0.15, 0.2) is 97.1 Å². The van der Waals surface area contributed by atoms with E-state index in [1.165, 1.54) is 0 Å². The number of nitrogen functional groups attached to an aromatic ring is 2. The third-order valence-electron chi connectivity index (χ3n) is 4.31. The van der Waals surface area contributed by atoms with Gasteiger partial charge in [0.25, 0.3) is 0 Å². The Labute approximate surface area is 219 Å². The van der Waals surface area contributed by atoms with Crippen molar-refractivity contribution in [2.24, 2.45) is 0 Å². The first-order chi connectivity index (χ1) is 18.2. The van der Waals surface area contributed by atoms with Crippen molar-refractivity contribution >= 4 is 11.4 Å². The fourth-order valence-corrected chi connectivity index (χ4v) is 2.60. The number of alkyl halides is 6. The van der Waals surface area contributed by atoms with Gasteiger partial charge in [0, 0.05) is 11.4 Å². The Balaban J connectivity index is 0.000000213. The molecule has 0 fully saturated rings. The number of rotatable bonds is 4. The highest BCUT2D eigenvalue weighted by molar-refractivity contribution is 5.44. The number of hydrogen-bond donors (Lipinski definition) is 4. The topological polar surface area (TPSA) is 111 Å². The quantitative estimate of drug-likeness (QED) is 0.150. The van der Waals surface area contributed by atoms with Crippen LogP contribution >= 0.6 is 0 Å². The van der Waals surface area contributed by atoms with Gasteiger partial charge in [0.15, 0.2) is 0 Å². The Bertz CT molecular complexity index is 1070. The third kappa shape index (κ3) is 13.4. The van der Waals surface area contributed by atoms with E-state index in [4.69, 9.17) is 31.2 Å². The summed E-state index contributed by atoms with van der Waals surface area (Å²) < 4.78 is 76.0. The van der Waals surface area contributed by atoms with E-state index in [0.29, 0.717) is 22.9 Å². The maximum atomic E-state index is 10.8. The van der Waals surface area contributed by atoms with Gasteiger partial charge in [-0.3, -0.25) is 0 Å². The van der Waals surface area contributed by atoms with Crippen molar-refractivity contribution in [3.63, 3.8) is 0 Å². The van der Waals surface area contributed by atoms with Crippen LogP contribution in [0.5, 0.6) is 34.5 Å². The summed E-state index contributed by atoms with van der Waals surface area (Å²) in [6.45, 7) is 0. The van der Waals surface area contributed by atoms with E-state index in [9.17, 15) is 26.3 Å². The van der Waals surface area contributed by atoms with Crippen molar-refractivity contribution in [1.29, 1.82) is 0 Å². The first-order valence-corrected chi connectivity index (χ1v) is 11.0. The minimum absolute atomic E-state index is 0.222. The summed E-state index contributed by atoms with van der Waals surface area (Å²) >= 11 is 0. The molecule has 0 spiro atoms. The van der Waals surface area contributed by atoms with Gasteiger partial charge in [0.2, 0.25) is 0 Å². The van der Waals surface area contributed by atoms with Crippen LogP contribution in [0.2, 0.25) is 0 Å². The van der Waals surface area contributed by atoms with Crippen molar-refractivity contribution in [1.82, 2.24) is 0 Å². The second-order valence-electron chi connectivity index (χ2n) is 7.74. The summed E-state index contributed by atoms with van der Waals surface area (Å²) in [5.74, 6) is 3.24. The molecule has 0 atom stereocenters. The number of halogens is 6. The summed E-state index contributed by atoms with van der Waals surface area (Å²) in [6.07, 6.45) is -13.0. The highest BCUT2D eigenvalue weighted by Gasteiger charge is 2.43. The van der Waals surface area contributed by atoms with Gasteiger partial charge in [-0.25, -0.2) is 0 Å². The molecular weight excluding hydrogens is 530 g/mol. The largest absolute Gasteiger partial charge is 0.508 e. The second kappa shape index (κ2) is 13.7. The number of anilines is 2. The highest BCUT2D eigenvalue weighted by atomic mass is 19.4. The predicted molar refractivity (Wildman–Crippen MR) is 135 cm³/mol. The van der Waals surface area contributed by atoms with Gasteiger partial charge in [0.1, 0.15) is 40.9 Å². The van der Waals surface area contributed by atoms with Crippen LogP contribution in [0.25, 0.3) is 0 Å². The van der Waals surface area contributed by atoms with Gasteiger partial charge in [0.05, 0.1) is 0 Å². The Morgan fingerprint density at radius 3 is 0.897 bits per heavy atom. The molecule has 0 saturated carbocycles. The van der Waals surface area contributed by atoms with Crippen LogP contribution in [-0.2, 0) is 0 Å². The first kappa shape index (κ1) is 30.5. The zero-order chi connectivity index (χ0) is 29.1. The van der Waals surface area contributed by atoms with E-state index < -0.39 is 18.8 Å². The lowest BCUT2D eigenvalue weighted by Crippen LogP contribution is -2.20. The Morgan fingerprint density at radius 2 is 0.692 bits per heavy atom. The lowest BCUT2D eigenvalue weighted by Gasteiger charge is -2.08. The average molecular weight is 554 g/mol. The standard InChI is InChI=1S/2C12H11NO2.C3H2F6/c2*13-9-1-5-11(6-2-9)15-12-7-3-10(14)4-8-12;4-2(5,6)1-3(7,8)9/h2*1-8,14H,13H2;1H2. The molecule has 0 aliphatic carbocycles. The summed E-state index contributed by atoms with van der Waals surface area (Å²) in [5, 5.41) is 18.2. The van der Waals surface area contributed by atoms with Crippen molar-refractivity contribution in [3.8, 4) is 34.5 Å². The summed E-state index contributed by atoms with van der Waals surface area (Å²) in [6, 6.07) is 27.4. The molecule has 0 radical (unpaired) electrons. The van der Waals surface area contributed by atoms with Gasteiger partial charge in [-0.05, 0) is 97.1 Å². The fraction of sp³-hybridized carbons (Fsp3) is 0.111. The van der Waals surface area contributed by atoms with Crippen LogP contribution in [0, 0.1) is 0 Å². The van der Waals surface area contributed by atoms with Gasteiger partial charge >= 0.3 is 12.4 Å². The zero-order valence-electron chi connectivity index (χ0n) is 20.1. The van der Waals surface area contributed by atoms with Crippen LogP contribution in [0.1, 0.15) is 6.42 Å². The molecule has 0 aliphatic rings. The van der Waals surface area contributed by atoms with Crippen molar-refractivity contribution in [3.05, 3.63) is 97.1 Å². The summed E-state index contributed by atoms with van der Waals surface area (Å²) in [7, 11) is 0. The Kier molecular flexibility index (Phi) is 10.7. The molecule has 208 valence electrons. The molecule has 0 aromatic heterocycles. The van der Waals surface area contributed by atoms with E-state index >= 15 is 0 Å².